The molecule has 0 atom stereocenters. The summed E-state index contributed by atoms with van der Waals surface area (Å²) in [5.41, 5.74) is 2.97. The van der Waals surface area contributed by atoms with Crippen LogP contribution in [0.5, 0.6) is 11.5 Å². The number of nitrogens with zero attached hydrogens (tertiary/aromatic N) is 2. The van der Waals surface area contributed by atoms with Gasteiger partial charge < -0.3 is 18.9 Å². The first-order chi connectivity index (χ1) is 12.6. The number of methoxy groups -OCH3 is 2. The van der Waals surface area contributed by atoms with E-state index in [2.05, 4.69) is 0 Å². The third-order valence-corrected chi connectivity index (χ3v) is 4.52. The summed E-state index contributed by atoms with van der Waals surface area (Å²) < 4.78 is 12.7. The lowest BCUT2D eigenvalue weighted by atomic mass is 10.2. The van der Waals surface area contributed by atoms with Crippen LogP contribution in [0.25, 0.3) is 10.9 Å². The first-order valence-corrected chi connectivity index (χ1v) is 8.65. The number of ether oxygens (including phenoxy) is 2. The van der Waals surface area contributed by atoms with E-state index < -0.39 is 0 Å². The Kier molecular flexibility index (Phi) is 5.16. The van der Waals surface area contributed by atoms with Gasteiger partial charge in [-0.1, -0.05) is 12.1 Å². The Bertz CT molecular complexity index is 930. The number of hydrogen-bond acceptors (Lipinski definition) is 3. The van der Waals surface area contributed by atoms with Gasteiger partial charge in [-0.15, -0.1) is 0 Å². The molecule has 3 aromatic rings. The molecular weight excluding hydrogens is 328 g/mol. The van der Waals surface area contributed by atoms with E-state index in [-0.39, 0.29) is 12.5 Å². The van der Waals surface area contributed by atoms with Crippen molar-refractivity contribution in [1.82, 2.24) is 4.57 Å². The molecule has 5 heteroatoms. The number of fused-ring (bicyclic) bond motifs is 1. The monoisotopic (exact) mass is 352 g/mol. The lowest BCUT2D eigenvalue weighted by molar-refractivity contribution is -0.119. The molecule has 0 aliphatic rings. The van der Waals surface area contributed by atoms with Crippen molar-refractivity contribution in [2.45, 2.75) is 20.4 Å². The van der Waals surface area contributed by atoms with Crippen LogP contribution in [0.3, 0.4) is 0 Å². The van der Waals surface area contributed by atoms with Crippen molar-refractivity contribution < 1.29 is 14.3 Å². The fourth-order valence-electron chi connectivity index (χ4n) is 3.19. The highest BCUT2D eigenvalue weighted by atomic mass is 16.5. The van der Waals surface area contributed by atoms with Crippen LogP contribution < -0.4 is 14.4 Å². The Balaban J connectivity index is 1.93. The molecule has 136 valence electrons. The van der Waals surface area contributed by atoms with Crippen molar-refractivity contribution in [1.29, 1.82) is 0 Å². The summed E-state index contributed by atoms with van der Waals surface area (Å²) >= 11 is 0. The Labute approximate surface area is 153 Å². The van der Waals surface area contributed by atoms with E-state index >= 15 is 0 Å². The molecule has 0 saturated heterocycles. The van der Waals surface area contributed by atoms with Gasteiger partial charge in [0.2, 0.25) is 5.91 Å². The van der Waals surface area contributed by atoms with Gasteiger partial charge in [0.25, 0.3) is 0 Å². The van der Waals surface area contributed by atoms with Crippen LogP contribution in [0.4, 0.5) is 5.69 Å². The number of amides is 1. The summed E-state index contributed by atoms with van der Waals surface area (Å²) in [4.78, 5) is 14.8. The predicted octanol–water partition coefficient (Wildman–Crippen LogP) is 4.02. The predicted molar refractivity (Wildman–Crippen MR) is 104 cm³/mol. The largest absolute Gasteiger partial charge is 0.497 e. The molecule has 1 heterocycles. The third-order valence-electron chi connectivity index (χ3n) is 4.52. The van der Waals surface area contributed by atoms with Gasteiger partial charge in [-0.3, -0.25) is 4.79 Å². The summed E-state index contributed by atoms with van der Waals surface area (Å²) in [6, 6.07) is 13.7. The van der Waals surface area contributed by atoms with Crippen LogP contribution >= 0.6 is 0 Å². The second kappa shape index (κ2) is 7.52. The smallest absolute Gasteiger partial charge is 0.246 e. The highest BCUT2D eigenvalue weighted by Crippen LogP contribution is 2.32. The number of hydrogen-bond donors (Lipinski definition) is 0. The highest BCUT2D eigenvalue weighted by Gasteiger charge is 2.17. The fourth-order valence-corrected chi connectivity index (χ4v) is 3.19. The molecule has 0 aliphatic carbocycles. The summed E-state index contributed by atoms with van der Waals surface area (Å²) in [6.45, 7) is 4.88. The third kappa shape index (κ3) is 3.38. The molecule has 0 radical (unpaired) electrons. The molecule has 0 spiro atoms. The zero-order chi connectivity index (χ0) is 18.7. The molecule has 1 aromatic heterocycles. The minimum absolute atomic E-state index is 0.0392. The number of aromatic nitrogens is 1. The summed E-state index contributed by atoms with van der Waals surface area (Å²) in [5, 5.41) is 0.958. The maximum Gasteiger partial charge on any atom is 0.246 e. The molecule has 0 saturated carbocycles. The Morgan fingerprint density at radius 3 is 2.58 bits per heavy atom. The van der Waals surface area contributed by atoms with Crippen molar-refractivity contribution in [2.75, 3.05) is 25.7 Å². The van der Waals surface area contributed by atoms with Gasteiger partial charge in [0.05, 0.1) is 19.7 Å². The van der Waals surface area contributed by atoms with E-state index in [1.165, 1.54) is 0 Å². The summed E-state index contributed by atoms with van der Waals surface area (Å²) in [5.74, 6) is 1.47. The molecule has 0 fully saturated rings. The number of carbonyl (C=O) groups is 1. The minimum Gasteiger partial charge on any atom is -0.497 e. The van der Waals surface area contributed by atoms with Crippen molar-refractivity contribution in [3.05, 3.63) is 54.2 Å². The summed E-state index contributed by atoms with van der Waals surface area (Å²) in [7, 11) is 3.25. The van der Waals surface area contributed by atoms with Gasteiger partial charge in [-0.25, -0.2) is 0 Å². The number of rotatable bonds is 6. The second-order valence-corrected chi connectivity index (χ2v) is 6.18. The molecule has 5 nitrogen and oxygen atoms in total. The molecule has 2 aromatic carbocycles. The molecule has 0 N–H and O–H groups in total. The molecule has 0 aliphatic heterocycles. The van der Waals surface area contributed by atoms with E-state index in [1.807, 2.05) is 67.1 Å². The highest BCUT2D eigenvalue weighted by molar-refractivity contribution is 5.95. The zero-order valence-corrected chi connectivity index (χ0v) is 15.7. The van der Waals surface area contributed by atoms with Gasteiger partial charge >= 0.3 is 0 Å². The number of aryl methyl sites for hydroxylation is 1. The second-order valence-electron chi connectivity index (χ2n) is 6.18. The van der Waals surface area contributed by atoms with Crippen LogP contribution in [0, 0.1) is 6.92 Å². The average Bonchev–Trinajstić information content (AvgIpc) is 3.04. The van der Waals surface area contributed by atoms with Crippen LogP contribution in [0.15, 0.2) is 48.7 Å². The summed E-state index contributed by atoms with van der Waals surface area (Å²) in [6.07, 6.45) is 1.91. The lowest BCUT2D eigenvalue weighted by Crippen LogP contribution is -2.33. The first kappa shape index (κ1) is 17.9. The molecule has 1 amide bonds. The number of anilines is 1. The van der Waals surface area contributed by atoms with Crippen molar-refractivity contribution in [3.63, 3.8) is 0 Å². The molecule has 3 rings (SSSR count). The van der Waals surface area contributed by atoms with E-state index in [1.54, 1.807) is 19.1 Å². The quantitative estimate of drug-likeness (QED) is 0.673. The van der Waals surface area contributed by atoms with Crippen LogP contribution in [0.2, 0.25) is 0 Å². The van der Waals surface area contributed by atoms with Crippen LogP contribution in [-0.2, 0) is 11.3 Å². The topological polar surface area (TPSA) is 43.7 Å². The van der Waals surface area contributed by atoms with Gasteiger partial charge in [-0.05, 0) is 37.6 Å². The number of likely N-dealkylation sites (N-methyl/N-ethyl adjacent to an activating group) is 1. The normalized spacial score (nSPS) is 10.8. The zero-order valence-electron chi connectivity index (χ0n) is 15.7. The van der Waals surface area contributed by atoms with E-state index in [9.17, 15) is 4.79 Å². The standard InChI is InChI=1S/C21H24N2O3/c1-5-23(16-8-6-7-15(2)11-16)21(24)14-22-10-9-18-19(22)12-17(25-3)13-20(18)26-4/h6-13H,5,14H2,1-4H3. The molecular formula is C21H24N2O3. The van der Waals surface area contributed by atoms with Gasteiger partial charge in [0, 0.05) is 35.9 Å². The maximum atomic E-state index is 12.9. The SMILES string of the molecule is CCN(C(=O)Cn1ccc2c(OC)cc(OC)cc21)c1cccc(C)c1. The van der Waals surface area contributed by atoms with E-state index in [0.717, 1.165) is 27.9 Å². The first-order valence-electron chi connectivity index (χ1n) is 8.65. The Morgan fingerprint density at radius 1 is 1.12 bits per heavy atom. The average molecular weight is 352 g/mol. The maximum absolute atomic E-state index is 12.9. The van der Waals surface area contributed by atoms with Crippen molar-refractivity contribution in [3.8, 4) is 11.5 Å². The van der Waals surface area contributed by atoms with Crippen molar-refractivity contribution in [2.24, 2.45) is 0 Å². The van der Waals surface area contributed by atoms with Gasteiger partial charge in [0.1, 0.15) is 18.0 Å². The van der Waals surface area contributed by atoms with Crippen molar-refractivity contribution >= 4 is 22.5 Å². The fraction of sp³-hybridized carbons (Fsp3) is 0.286. The van der Waals surface area contributed by atoms with Crippen LogP contribution in [-0.4, -0.2) is 31.2 Å². The van der Waals surface area contributed by atoms with E-state index in [0.29, 0.717) is 12.3 Å². The van der Waals surface area contributed by atoms with Crippen LogP contribution in [0.1, 0.15) is 12.5 Å². The lowest BCUT2D eigenvalue weighted by Gasteiger charge is -2.22. The van der Waals surface area contributed by atoms with E-state index in [4.69, 9.17) is 9.47 Å². The Hall–Kier alpha value is -2.95. The molecule has 26 heavy (non-hydrogen) atoms. The number of carbonyl (C=O) groups excluding carboxylic acids is 1. The van der Waals surface area contributed by atoms with Gasteiger partial charge in [0.15, 0.2) is 0 Å². The molecule has 0 bridgehead atoms. The molecule has 0 unspecified atom stereocenters. The van der Waals surface area contributed by atoms with Gasteiger partial charge in [-0.2, -0.15) is 0 Å². The minimum atomic E-state index is 0.0392. The Morgan fingerprint density at radius 2 is 1.92 bits per heavy atom. The number of benzene rings is 2.